The second kappa shape index (κ2) is 7.65. The Kier molecular flexibility index (Phi) is 5.34. The molecule has 0 aliphatic heterocycles. The molecule has 2 aromatic carbocycles. The molecule has 126 valence electrons. The minimum atomic E-state index is 0.0973. The highest BCUT2D eigenvalue weighted by molar-refractivity contribution is 5.86. The molecular weight excluding hydrogens is 296 g/mol. The van der Waals surface area contributed by atoms with Crippen LogP contribution in [0, 0.1) is 5.92 Å². The van der Waals surface area contributed by atoms with Gasteiger partial charge in [0.25, 0.3) is 0 Å². The van der Waals surface area contributed by atoms with E-state index in [2.05, 4.69) is 50.2 Å². The van der Waals surface area contributed by atoms with Crippen LogP contribution in [0.4, 0.5) is 0 Å². The minimum absolute atomic E-state index is 0.0973. The van der Waals surface area contributed by atoms with Crippen molar-refractivity contribution in [2.75, 3.05) is 6.61 Å². The monoisotopic (exact) mass is 322 g/mol. The van der Waals surface area contributed by atoms with Gasteiger partial charge in [-0.05, 0) is 54.0 Å². The molecular formula is C22H26O2. The lowest BCUT2D eigenvalue weighted by Crippen LogP contribution is -2.21. The number of hydrogen-bond donors (Lipinski definition) is 0. The summed E-state index contributed by atoms with van der Waals surface area (Å²) in [6.07, 6.45) is 3.88. The molecule has 1 fully saturated rings. The van der Waals surface area contributed by atoms with Gasteiger partial charge in [-0.15, -0.1) is 0 Å². The molecule has 0 unspecified atom stereocenters. The van der Waals surface area contributed by atoms with Crippen molar-refractivity contribution in [2.45, 2.75) is 45.4 Å². The van der Waals surface area contributed by atoms with E-state index in [4.69, 9.17) is 4.74 Å². The van der Waals surface area contributed by atoms with Crippen molar-refractivity contribution < 1.29 is 9.53 Å². The molecule has 0 N–H and O–H groups in total. The van der Waals surface area contributed by atoms with Crippen LogP contribution in [0.3, 0.4) is 0 Å². The topological polar surface area (TPSA) is 26.3 Å². The number of hydrogen-bond acceptors (Lipinski definition) is 2. The van der Waals surface area contributed by atoms with E-state index in [1.54, 1.807) is 0 Å². The van der Waals surface area contributed by atoms with Crippen molar-refractivity contribution in [3.05, 3.63) is 54.1 Å². The van der Waals surface area contributed by atoms with Gasteiger partial charge in [0.1, 0.15) is 11.5 Å². The quantitative estimate of drug-likeness (QED) is 0.714. The van der Waals surface area contributed by atoms with Gasteiger partial charge >= 0.3 is 0 Å². The van der Waals surface area contributed by atoms with E-state index in [9.17, 15) is 4.79 Å². The highest BCUT2D eigenvalue weighted by Crippen LogP contribution is 2.34. The number of ether oxygens (including phenoxy) is 1. The Morgan fingerprint density at radius 2 is 1.58 bits per heavy atom. The van der Waals surface area contributed by atoms with Crippen LogP contribution in [0.15, 0.2) is 48.5 Å². The third-order valence-corrected chi connectivity index (χ3v) is 4.86. The van der Waals surface area contributed by atoms with Crippen LogP contribution < -0.4 is 4.74 Å². The third kappa shape index (κ3) is 3.87. The van der Waals surface area contributed by atoms with Crippen molar-refractivity contribution in [1.82, 2.24) is 0 Å². The predicted molar refractivity (Wildman–Crippen MR) is 98.4 cm³/mol. The molecule has 0 spiro atoms. The Bertz CT molecular complexity index is 670. The average Bonchev–Trinajstić information content (AvgIpc) is 2.61. The molecule has 2 aromatic rings. The molecule has 3 rings (SSSR count). The Hall–Kier alpha value is -2.09. The van der Waals surface area contributed by atoms with Crippen molar-refractivity contribution in [2.24, 2.45) is 5.92 Å². The molecule has 1 aliphatic rings. The number of carbonyl (C=O) groups is 1. The van der Waals surface area contributed by atoms with E-state index in [1.807, 2.05) is 12.1 Å². The number of carbonyl (C=O) groups excluding carboxylic acids is 1. The van der Waals surface area contributed by atoms with E-state index in [0.717, 1.165) is 38.0 Å². The van der Waals surface area contributed by atoms with Crippen molar-refractivity contribution in [1.29, 1.82) is 0 Å². The highest BCUT2D eigenvalue weighted by atomic mass is 16.5. The fourth-order valence-corrected chi connectivity index (χ4v) is 3.42. The summed E-state index contributed by atoms with van der Waals surface area (Å²) < 4.78 is 5.63. The summed E-state index contributed by atoms with van der Waals surface area (Å²) in [7, 11) is 0. The molecule has 0 aromatic heterocycles. The molecule has 2 nitrogen and oxygen atoms in total. The molecule has 2 atom stereocenters. The molecule has 24 heavy (non-hydrogen) atoms. The largest absolute Gasteiger partial charge is 0.494 e. The Labute approximate surface area is 144 Å². The van der Waals surface area contributed by atoms with Crippen molar-refractivity contribution in [3.63, 3.8) is 0 Å². The smallest absolute Gasteiger partial charge is 0.140 e. The van der Waals surface area contributed by atoms with Crippen LogP contribution in [0.25, 0.3) is 11.1 Å². The zero-order valence-corrected chi connectivity index (χ0v) is 14.6. The second-order valence-corrected chi connectivity index (χ2v) is 6.90. The zero-order valence-electron chi connectivity index (χ0n) is 14.6. The molecule has 2 heteroatoms. The third-order valence-electron chi connectivity index (χ3n) is 4.86. The van der Waals surface area contributed by atoms with Crippen LogP contribution in [-0.2, 0) is 4.79 Å². The number of ketones is 1. The average molecular weight is 322 g/mol. The van der Waals surface area contributed by atoms with Gasteiger partial charge in [0.05, 0.1) is 6.61 Å². The van der Waals surface area contributed by atoms with E-state index in [0.29, 0.717) is 11.7 Å². The lowest BCUT2D eigenvalue weighted by atomic mass is 9.78. The molecule has 0 amide bonds. The second-order valence-electron chi connectivity index (χ2n) is 6.90. The lowest BCUT2D eigenvalue weighted by molar-refractivity contribution is -0.123. The lowest BCUT2D eigenvalue weighted by Gasteiger charge is -2.25. The normalized spacial score (nSPS) is 20.8. The summed E-state index contributed by atoms with van der Waals surface area (Å²) in [6, 6.07) is 16.7. The van der Waals surface area contributed by atoms with Gasteiger partial charge in [-0.2, -0.15) is 0 Å². The fraction of sp³-hybridized carbons (Fsp3) is 0.409. The van der Waals surface area contributed by atoms with Gasteiger partial charge in [-0.25, -0.2) is 0 Å². The molecule has 0 heterocycles. The SMILES string of the molecule is CCCOc1ccc(-c2ccc([C@H]3CC[C@H](C)CC3=O)cc2)cc1. The van der Waals surface area contributed by atoms with E-state index in [1.165, 1.54) is 16.7 Å². The van der Waals surface area contributed by atoms with Crippen molar-refractivity contribution in [3.8, 4) is 16.9 Å². The van der Waals surface area contributed by atoms with E-state index >= 15 is 0 Å². The molecule has 0 bridgehead atoms. The summed E-state index contributed by atoms with van der Waals surface area (Å²) in [6.45, 7) is 5.03. The van der Waals surface area contributed by atoms with E-state index < -0.39 is 0 Å². The van der Waals surface area contributed by atoms with Crippen LogP contribution in [-0.4, -0.2) is 12.4 Å². The molecule has 0 radical (unpaired) electrons. The Balaban J connectivity index is 1.71. The summed E-state index contributed by atoms with van der Waals surface area (Å²) in [4.78, 5) is 12.3. The number of rotatable bonds is 5. The van der Waals surface area contributed by atoms with Gasteiger partial charge in [0.15, 0.2) is 0 Å². The fourth-order valence-electron chi connectivity index (χ4n) is 3.42. The summed E-state index contributed by atoms with van der Waals surface area (Å²) >= 11 is 0. The standard InChI is InChI=1S/C22H26O2/c1-3-14-24-20-11-9-18(10-12-20)17-5-7-19(8-6-17)21-13-4-16(2)15-22(21)23/h5-12,16,21H,3-4,13-15H2,1-2H3/t16-,21+/m0/s1. The summed E-state index contributed by atoms with van der Waals surface area (Å²) in [5, 5.41) is 0. The van der Waals surface area contributed by atoms with Gasteiger partial charge in [-0.1, -0.05) is 50.2 Å². The number of Topliss-reactive ketones (excluding diaryl/α,β-unsaturated/α-hetero) is 1. The van der Waals surface area contributed by atoms with Gasteiger partial charge < -0.3 is 4.74 Å². The predicted octanol–water partition coefficient (Wildman–Crippen LogP) is 5.62. The van der Waals surface area contributed by atoms with Gasteiger partial charge in [0.2, 0.25) is 0 Å². The first kappa shape index (κ1) is 16.8. The van der Waals surface area contributed by atoms with Crippen molar-refractivity contribution >= 4 is 5.78 Å². The van der Waals surface area contributed by atoms with Crippen LogP contribution in [0.2, 0.25) is 0 Å². The Morgan fingerprint density at radius 3 is 2.17 bits per heavy atom. The highest BCUT2D eigenvalue weighted by Gasteiger charge is 2.27. The maximum absolute atomic E-state index is 12.3. The van der Waals surface area contributed by atoms with Gasteiger partial charge in [0, 0.05) is 12.3 Å². The van der Waals surface area contributed by atoms with Crippen LogP contribution in [0.1, 0.15) is 51.0 Å². The molecule has 1 aliphatic carbocycles. The first-order valence-electron chi connectivity index (χ1n) is 9.03. The minimum Gasteiger partial charge on any atom is -0.494 e. The molecule has 0 saturated heterocycles. The van der Waals surface area contributed by atoms with Crippen LogP contribution in [0.5, 0.6) is 5.75 Å². The van der Waals surface area contributed by atoms with Gasteiger partial charge in [-0.3, -0.25) is 4.79 Å². The number of benzene rings is 2. The van der Waals surface area contributed by atoms with Crippen LogP contribution >= 0.6 is 0 Å². The summed E-state index contributed by atoms with van der Waals surface area (Å²) in [5.74, 6) is 1.96. The summed E-state index contributed by atoms with van der Waals surface area (Å²) in [5.41, 5.74) is 3.52. The van der Waals surface area contributed by atoms with E-state index in [-0.39, 0.29) is 5.92 Å². The first-order valence-corrected chi connectivity index (χ1v) is 9.03. The Morgan fingerprint density at radius 1 is 0.958 bits per heavy atom. The zero-order chi connectivity index (χ0) is 16.9. The first-order chi connectivity index (χ1) is 11.7. The maximum Gasteiger partial charge on any atom is 0.140 e. The maximum atomic E-state index is 12.3. The molecule has 1 saturated carbocycles.